The van der Waals surface area contributed by atoms with Gasteiger partial charge >= 0.3 is 0 Å². The van der Waals surface area contributed by atoms with E-state index in [1.54, 1.807) is 0 Å². The molecular formula is C21H29N5O. The highest BCUT2D eigenvalue weighted by Crippen LogP contribution is 2.35. The first-order chi connectivity index (χ1) is 13.3. The lowest BCUT2D eigenvalue weighted by atomic mass is 9.90. The summed E-state index contributed by atoms with van der Waals surface area (Å²) in [5.41, 5.74) is 4.55. The molecule has 4 heterocycles. The van der Waals surface area contributed by atoms with Crippen molar-refractivity contribution >= 4 is 22.0 Å². The number of hydrogen-bond acceptors (Lipinski definition) is 5. The van der Waals surface area contributed by atoms with Crippen molar-refractivity contribution in [3.8, 4) is 0 Å². The Hall–Kier alpha value is -1.89. The van der Waals surface area contributed by atoms with E-state index >= 15 is 0 Å². The predicted octanol–water partition coefficient (Wildman–Crippen LogP) is 2.57. The topological polar surface area (TPSA) is 60.3 Å². The number of piperazine rings is 1. The number of nitrogens with zero attached hydrogens (tertiary/aromatic N) is 3. The normalized spacial score (nSPS) is 20.8. The molecule has 0 unspecified atom stereocenters. The predicted molar refractivity (Wildman–Crippen MR) is 108 cm³/mol. The van der Waals surface area contributed by atoms with Gasteiger partial charge in [-0.2, -0.15) is 0 Å². The van der Waals surface area contributed by atoms with Crippen LogP contribution in [0.5, 0.6) is 0 Å². The molecule has 0 spiro atoms. The molecule has 0 bridgehead atoms. The molecule has 0 atom stereocenters. The fourth-order valence-corrected chi connectivity index (χ4v) is 4.57. The Morgan fingerprint density at radius 3 is 2.78 bits per heavy atom. The van der Waals surface area contributed by atoms with E-state index in [2.05, 4.69) is 45.5 Å². The second-order valence-corrected chi connectivity index (χ2v) is 8.11. The highest BCUT2D eigenvalue weighted by molar-refractivity contribution is 6.04. The number of likely N-dealkylation sites (N-methyl/N-ethyl adjacent to an activating group) is 1. The summed E-state index contributed by atoms with van der Waals surface area (Å²) in [5.74, 6) is 1.48. The van der Waals surface area contributed by atoms with Crippen molar-refractivity contribution in [1.29, 1.82) is 0 Å². The first kappa shape index (κ1) is 17.2. The van der Waals surface area contributed by atoms with Gasteiger partial charge in [-0.3, -0.25) is 0 Å². The van der Waals surface area contributed by atoms with Gasteiger partial charge in [-0.05, 0) is 56.6 Å². The molecular weight excluding hydrogens is 338 g/mol. The number of hydrogen-bond donors (Lipinski definition) is 2. The summed E-state index contributed by atoms with van der Waals surface area (Å²) in [4.78, 5) is 13.3. The number of oxazole rings is 1. The van der Waals surface area contributed by atoms with E-state index in [0.29, 0.717) is 5.92 Å². The molecule has 2 saturated heterocycles. The van der Waals surface area contributed by atoms with Gasteiger partial charge in [0.1, 0.15) is 5.52 Å². The molecule has 2 aliphatic heterocycles. The van der Waals surface area contributed by atoms with Crippen LogP contribution < -0.4 is 5.32 Å². The number of nitrogens with one attached hydrogen (secondary N) is 2. The third kappa shape index (κ3) is 3.37. The summed E-state index contributed by atoms with van der Waals surface area (Å²) < 4.78 is 6.13. The van der Waals surface area contributed by atoms with E-state index in [1.165, 1.54) is 29.3 Å². The Kier molecular flexibility index (Phi) is 4.63. The Balaban J connectivity index is 1.41. The van der Waals surface area contributed by atoms with Crippen LogP contribution in [0.1, 0.15) is 30.2 Å². The summed E-state index contributed by atoms with van der Waals surface area (Å²) in [6, 6.07) is 4.20. The van der Waals surface area contributed by atoms with E-state index in [9.17, 15) is 0 Å². The lowest BCUT2D eigenvalue weighted by molar-refractivity contribution is 0.153. The zero-order valence-corrected chi connectivity index (χ0v) is 16.1. The molecule has 2 aromatic heterocycles. The summed E-state index contributed by atoms with van der Waals surface area (Å²) >= 11 is 0. The minimum atomic E-state index is 0.607. The fraction of sp³-hybridized carbons (Fsp3) is 0.571. The van der Waals surface area contributed by atoms with Crippen LogP contribution in [0.4, 0.5) is 0 Å². The lowest BCUT2D eigenvalue weighted by Crippen LogP contribution is -2.45. The highest BCUT2D eigenvalue weighted by Gasteiger charge is 2.22. The van der Waals surface area contributed by atoms with Gasteiger partial charge < -0.3 is 24.5 Å². The van der Waals surface area contributed by atoms with Crippen LogP contribution in [0.25, 0.3) is 22.0 Å². The molecule has 27 heavy (non-hydrogen) atoms. The monoisotopic (exact) mass is 367 g/mol. The third-order valence-corrected chi connectivity index (χ3v) is 6.29. The first-order valence-corrected chi connectivity index (χ1v) is 10.3. The molecule has 2 N–H and O–H groups in total. The van der Waals surface area contributed by atoms with E-state index < -0.39 is 0 Å². The van der Waals surface area contributed by atoms with E-state index in [1.807, 2.05) is 0 Å². The Bertz CT molecular complexity index is 915. The number of piperidine rings is 1. The van der Waals surface area contributed by atoms with Crippen molar-refractivity contribution < 1.29 is 4.42 Å². The van der Waals surface area contributed by atoms with Crippen molar-refractivity contribution in [2.75, 3.05) is 52.9 Å². The van der Waals surface area contributed by atoms with Crippen LogP contribution in [0, 0.1) is 0 Å². The maximum absolute atomic E-state index is 6.13. The SMILES string of the molecule is CN1CCN(CCc2nc3c(ccc4[nH]cc(C5CCNCC5)c43)o2)CC1. The second kappa shape index (κ2) is 7.26. The third-order valence-electron chi connectivity index (χ3n) is 6.29. The van der Waals surface area contributed by atoms with Gasteiger partial charge in [0.15, 0.2) is 11.5 Å². The van der Waals surface area contributed by atoms with E-state index in [0.717, 1.165) is 69.2 Å². The van der Waals surface area contributed by atoms with Crippen LogP contribution in [-0.4, -0.2) is 72.6 Å². The quantitative estimate of drug-likeness (QED) is 0.742. The zero-order chi connectivity index (χ0) is 18.2. The molecule has 2 aliphatic rings. The van der Waals surface area contributed by atoms with E-state index in [4.69, 9.17) is 9.40 Å². The number of rotatable bonds is 4. The van der Waals surface area contributed by atoms with Gasteiger partial charge in [-0.1, -0.05) is 0 Å². The van der Waals surface area contributed by atoms with E-state index in [-0.39, 0.29) is 0 Å². The summed E-state index contributed by atoms with van der Waals surface area (Å²) in [7, 11) is 2.19. The van der Waals surface area contributed by atoms with Crippen molar-refractivity contribution in [1.82, 2.24) is 25.1 Å². The molecule has 144 valence electrons. The average molecular weight is 367 g/mol. The minimum Gasteiger partial charge on any atom is -0.441 e. The largest absolute Gasteiger partial charge is 0.441 e. The molecule has 1 aromatic carbocycles. The number of fused-ring (bicyclic) bond motifs is 3. The molecule has 3 aromatic rings. The van der Waals surface area contributed by atoms with Crippen LogP contribution in [-0.2, 0) is 6.42 Å². The number of H-pyrrole nitrogens is 1. The standard InChI is InChI=1S/C21H29N5O/c1-25-10-12-26(13-11-25)9-6-19-24-21-18(27-19)3-2-17-20(21)16(14-23-17)15-4-7-22-8-5-15/h2-3,14-15,22-23H,4-13H2,1H3. The maximum Gasteiger partial charge on any atom is 0.196 e. The fourth-order valence-electron chi connectivity index (χ4n) is 4.57. The van der Waals surface area contributed by atoms with Crippen LogP contribution in [0.15, 0.2) is 22.7 Å². The van der Waals surface area contributed by atoms with Crippen LogP contribution in [0.2, 0.25) is 0 Å². The number of aromatic nitrogens is 2. The van der Waals surface area contributed by atoms with Gasteiger partial charge in [0, 0.05) is 56.2 Å². The molecule has 6 heteroatoms. The summed E-state index contributed by atoms with van der Waals surface area (Å²) in [5, 5.41) is 4.74. The molecule has 5 rings (SSSR count). The van der Waals surface area contributed by atoms with Crippen molar-refractivity contribution in [2.45, 2.75) is 25.2 Å². The molecule has 0 radical (unpaired) electrons. The zero-order valence-electron chi connectivity index (χ0n) is 16.1. The van der Waals surface area contributed by atoms with Crippen molar-refractivity contribution in [3.63, 3.8) is 0 Å². The average Bonchev–Trinajstić information content (AvgIpc) is 3.31. The summed E-state index contributed by atoms with van der Waals surface area (Å²) in [6.45, 7) is 7.80. The molecule has 6 nitrogen and oxygen atoms in total. The Morgan fingerprint density at radius 1 is 1.15 bits per heavy atom. The minimum absolute atomic E-state index is 0.607. The molecule has 0 amide bonds. The Morgan fingerprint density at radius 2 is 1.96 bits per heavy atom. The van der Waals surface area contributed by atoms with Gasteiger partial charge in [-0.15, -0.1) is 0 Å². The van der Waals surface area contributed by atoms with Crippen molar-refractivity contribution in [3.05, 3.63) is 29.8 Å². The highest BCUT2D eigenvalue weighted by atomic mass is 16.3. The maximum atomic E-state index is 6.13. The number of aromatic amines is 1. The van der Waals surface area contributed by atoms with Gasteiger partial charge in [0.25, 0.3) is 0 Å². The van der Waals surface area contributed by atoms with Crippen molar-refractivity contribution in [2.24, 2.45) is 0 Å². The molecule has 0 aliphatic carbocycles. The smallest absolute Gasteiger partial charge is 0.196 e. The van der Waals surface area contributed by atoms with Gasteiger partial charge in [0.2, 0.25) is 0 Å². The Labute approximate surface area is 159 Å². The van der Waals surface area contributed by atoms with Gasteiger partial charge in [-0.25, -0.2) is 4.98 Å². The molecule has 0 saturated carbocycles. The summed E-state index contributed by atoms with van der Waals surface area (Å²) in [6.07, 6.45) is 5.46. The number of benzene rings is 1. The lowest BCUT2D eigenvalue weighted by Gasteiger charge is -2.31. The van der Waals surface area contributed by atoms with Crippen LogP contribution in [0.3, 0.4) is 0 Å². The van der Waals surface area contributed by atoms with Crippen LogP contribution >= 0.6 is 0 Å². The first-order valence-electron chi connectivity index (χ1n) is 10.3. The van der Waals surface area contributed by atoms with Gasteiger partial charge in [0.05, 0.1) is 0 Å². The second-order valence-electron chi connectivity index (χ2n) is 8.11. The molecule has 2 fully saturated rings.